The Hall–Kier alpha value is -2.57. The second-order valence-electron chi connectivity index (χ2n) is 8.05. The van der Waals surface area contributed by atoms with Gasteiger partial charge in [-0.2, -0.15) is 0 Å². The maximum Gasteiger partial charge on any atom is 0.224 e. The summed E-state index contributed by atoms with van der Waals surface area (Å²) in [6.45, 7) is 4.92. The first-order valence-corrected chi connectivity index (χ1v) is 10.7. The Morgan fingerprint density at radius 3 is 2.63 bits per heavy atom. The van der Waals surface area contributed by atoms with Crippen LogP contribution < -0.4 is 15.0 Å². The van der Waals surface area contributed by atoms with Crippen molar-refractivity contribution >= 4 is 11.6 Å². The predicted molar refractivity (Wildman–Crippen MR) is 118 cm³/mol. The van der Waals surface area contributed by atoms with Gasteiger partial charge < -0.3 is 19.7 Å². The third kappa shape index (κ3) is 4.77. The number of carbonyl (C=O) groups excluding carboxylic acids is 1. The molecule has 1 amide bonds. The number of rotatable bonds is 7. The van der Waals surface area contributed by atoms with Crippen LogP contribution in [0.15, 0.2) is 42.5 Å². The lowest BCUT2D eigenvalue weighted by molar-refractivity contribution is -0.120. The highest BCUT2D eigenvalue weighted by Crippen LogP contribution is 2.31. The van der Waals surface area contributed by atoms with Crippen molar-refractivity contribution in [3.05, 3.63) is 59.2 Å². The molecule has 0 saturated carbocycles. The van der Waals surface area contributed by atoms with Crippen LogP contribution in [0.5, 0.6) is 5.75 Å². The van der Waals surface area contributed by atoms with E-state index in [2.05, 4.69) is 40.4 Å². The molecule has 2 aromatic rings. The molecule has 1 unspecified atom stereocenters. The summed E-state index contributed by atoms with van der Waals surface area (Å²) in [5, 5.41) is 3.17. The molecule has 1 atom stereocenters. The molecular weight excluding hydrogens is 378 g/mol. The molecule has 2 aliphatic rings. The van der Waals surface area contributed by atoms with E-state index < -0.39 is 0 Å². The van der Waals surface area contributed by atoms with Gasteiger partial charge in [-0.05, 0) is 41.3 Å². The Kier molecular flexibility index (Phi) is 6.55. The number of likely N-dealkylation sites (N-methyl/N-ethyl adjacent to an activating group) is 1. The molecule has 0 aromatic heterocycles. The van der Waals surface area contributed by atoms with Crippen LogP contribution >= 0.6 is 0 Å². The van der Waals surface area contributed by atoms with E-state index >= 15 is 0 Å². The minimum atomic E-state index is 0.0410. The largest absolute Gasteiger partial charge is 0.497 e. The zero-order valence-electron chi connectivity index (χ0n) is 17.9. The quantitative estimate of drug-likeness (QED) is 0.761. The van der Waals surface area contributed by atoms with Gasteiger partial charge in [-0.25, -0.2) is 0 Å². The molecule has 6 nitrogen and oxygen atoms in total. The van der Waals surface area contributed by atoms with Crippen molar-refractivity contribution in [3.63, 3.8) is 0 Å². The number of amides is 1. The fourth-order valence-corrected chi connectivity index (χ4v) is 4.34. The summed E-state index contributed by atoms with van der Waals surface area (Å²) in [7, 11) is 3.79. The van der Waals surface area contributed by atoms with E-state index in [1.807, 2.05) is 24.3 Å². The van der Waals surface area contributed by atoms with Crippen molar-refractivity contribution in [2.75, 3.05) is 58.5 Å². The second kappa shape index (κ2) is 9.49. The van der Waals surface area contributed by atoms with Crippen LogP contribution in [-0.4, -0.2) is 64.4 Å². The molecule has 0 bridgehead atoms. The van der Waals surface area contributed by atoms with Gasteiger partial charge in [0.15, 0.2) is 0 Å². The first kappa shape index (κ1) is 20.7. The smallest absolute Gasteiger partial charge is 0.224 e. The summed E-state index contributed by atoms with van der Waals surface area (Å²) in [6, 6.07) is 14.6. The number of morpholine rings is 1. The Bertz CT molecular complexity index is 862. The van der Waals surface area contributed by atoms with Crippen molar-refractivity contribution in [1.82, 2.24) is 10.2 Å². The highest BCUT2D eigenvalue weighted by atomic mass is 16.5. The molecular formula is C24H31N3O3. The number of methoxy groups -OCH3 is 1. The minimum absolute atomic E-state index is 0.0410. The molecule has 1 saturated heterocycles. The van der Waals surface area contributed by atoms with Crippen LogP contribution in [0.3, 0.4) is 0 Å². The standard InChI is InChI=1S/C24H31N3O3/c1-26-10-9-20-16-19(5-8-22(20)26)23(27-11-13-30-14-12-27)17-25-24(28)15-18-3-6-21(29-2)7-4-18/h3-8,16,23H,9-15,17H2,1-2H3,(H,25,28). The van der Waals surface area contributed by atoms with E-state index in [4.69, 9.17) is 9.47 Å². The van der Waals surface area contributed by atoms with Crippen molar-refractivity contribution in [2.24, 2.45) is 0 Å². The highest BCUT2D eigenvalue weighted by molar-refractivity contribution is 5.78. The van der Waals surface area contributed by atoms with Crippen LogP contribution in [0.2, 0.25) is 0 Å². The van der Waals surface area contributed by atoms with E-state index in [9.17, 15) is 4.79 Å². The average Bonchev–Trinajstić information content (AvgIpc) is 3.15. The zero-order valence-corrected chi connectivity index (χ0v) is 17.9. The summed E-state index contributed by atoms with van der Waals surface area (Å²) in [4.78, 5) is 17.4. The minimum Gasteiger partial charge on any atom is -0.497 e. The van der Waals surface area contributed by atoms with Gasteiger partial charge in [0.2, 0.25) is 5.91 Å². The third-order valence-electron chi connectivity index (χ3n) is 6.12. The van der Waals surface area contributed by atoms with E-state index in [0.29, 0.717) is 13.0 Å². The molecule has 0 radical (unpaired) electrons. The number of carbonyl (C=O) groups is 1. The van der Waals surface area contributed by atoms with Crippen LogP contribution in [0.1, 0.15) is 22.7 Å². The maximum absolute atomic E-state index is 12.6. The number of hydrogen-bond donors (Lipinski definition) is 1. The van der Waals surface area contributed by atoms with Gasteiger partial charge >= 0.3 is 0 Å². The zero-order chi connectivity index (χ0) is 20.9. The van der Waals surface area contributed by atoms with Crippen LogP contribution in [0.4, 0.5) is 5.69 Å². The normalized spacial score (nSPS) is 17.5. The Balaban J connectivity index is 1.44. The van der Waals surface area contributed by atoms with Gasteiger partial charge in [0.25, 0.3) is 0 Å². The van der Waals surface area contributed by atoms with E-state index in [1.54, 1.807) is 7.11 Å². The van der Waals surface area contributed by atoms with Gasteiger partial charge in [0, 0.05) is 38.9 Å². The lowest BCUT2D eigenvalue weighted by Gasteiger charge is -2.35. The molecule has 1 fully saturated rings. The summed E-state index contributed by atoms with van der Waals surface area (Å²) < 4.78 is 10.7. The predicted octanol–water partition coefficient (Wildman–Crippen LogP) is 2.42. The Morgan fingerprint density at radius 2 is 1.90 bits per heavy atom. The number of ether oxygens (including phenoxy) is 2. The molecule has 2 heterocycles. The number of hydrogen-bond acceptors (Lipinski definition) is 5. The van der Waals surface area contributed by atoms with E-state index in [0.717, 1.165) is 50.6 Å². The van der Waals surface area contributed by atoms with E-state index in [-0.39, 0.29) is 11.9 Å². The molecule has 2 aromatic carbocycles. The van der Waals surface area contributed by atoms with Crippen molar-refractivity contribution in [1.29, 1.82) is 0 Å². The SMILES string of the molecule is COc1ccc(CC(=O)NCC(c2ccc3c(c2)CCN3C)N2CCOCC2)cc1. The highest BCUT2D eigenvalue weighted by Gasteiger charge is 2.25. The van der Waals surface area contributed by atoms with Gasteiger partial charge in [0.05, 0.1) is 32.8 Å². The molecule has 6 heteroatoms. The van der Waals surface area contributed by atoms with Crippen molar-refractivity contribution in [3.8, 4) is 5.75 Å². The summed E-state index contributed by atoms with van der Waals surface area (Å²) >= 11 is 0. The lowest BCUT2D eigenvalue weighted by atomic mass is 10.00. The van der Waals surface area contributed by atoms with Gasteiger partial charge in [-0.1, -0.05) is 24.3 Å². The summed E-state index contributed by atoms with van der Waals surface area (Å²) in [5.41, 5.74) is 4.98. The monoisotopic (exact) mass is 409 g/mol. The molecule has 0 aliphatic carbocycles. The molecule has 1 N–H and O–H groups in total. The summed E-state index contributed by atoms with van der Waals surface area (Å²) in [6.07, 6.45) is 1.45. The molecule has 4 rings (SSSR count). The molecule has 30 heavy (non-hydrogen) atoms. The van der Waals surface area contributed by atoms with Crippen LogP contribution in [0.25, 0.3) is 0 Å². The number of nitrogens with one attached hydrogen (secondary N) is 1. The summed E-state index contributed by atoms with van der Waals surface area (Å²) in [5.74, 6) is 0.841. The third-order valence-corrected chi connectivity index (χ3v) is 6.12. The van der Waals surface area contributed by atoms with Gasteiger partial charge in [-0.15, -0.1) is 0 Å². The molecule has 160 valence electrons. The topological polar surface area (TPSA) is 54.0 Å². The van der Waals surface area contributed by atoms with Gasteiger partial charge in [-0.3, -0.25) is 9.69 Å². The molecule has 0 spiro atoms. The number of fused-ring (bicyclic) bond motifs is 1. The fraction of sp³-hybridized carbons (Fsp3) is 0.458. The maximum atomic E-state index is 12.6. The van der Waals surface area contributed by atoms with Crippen LogP contribution in [-0.2, 0) is 22.4 Å². The Labute approximate surface area is 178 Å². The van der Waals surface area contributed by atoms with Crippen LogP contribution in [0, 0.1) is 0 Å². The lowest BCUT2D eigenvalue weighted by Crippen LogP contribution is -2.44. The average molecular weight is 410 g/mol. The molecule has 2 aliphatic heterocycles. The van der Waals surface area contributed by atoms with Crippen molar-refractivity contribution in [2.45, 2.75) is 18.9 Å². The number of anilines is 1. The first-order valence-electron chi connectivity index (χ1n) is 10.7. The number of nitrogens with zero attached hydrogens (tertiary/aromatic N) is 2. The number of benzene rings is 2. The van der Waals surface area contributed by atoms with Gasteiger partial charge in [0.1, 0.15) is 5.75 Å². The second-order valence-corrected chi connectivity index (χ2v) is 8.05. The first-order chi connectivity index (χ1) is 14.6. The van der Waals surface area contributed by atoms with E-state index in [1.165, 1.54) is 16.8 Å². The Morgan fingerprint density at radius 1 is 1.13 bits per heavy atom. The van der Waals surface area contributed by atoms with Crippen molar-refractivity contribution < 1.29 is 14.3 Å². The fourth-order valence-electron chi connectivity index (χ4n) is 4.34.